The van der Waals surface area contributed by atoms with E-state index in [4.69, 9.17) is 22.1 Å². The van der Waals surface area contributed by atoms with Gasteiger partial charge in [-0.25, -0.2) is 4.79 Å². The molecule has 4 amide bonds. The highest BCUT2D eigenvalue weighted by molar-refractivity contribution is 6.34. The van der Waals surface area contributed by atoms with Gasteiger partial charge in [-0.1, -0.05) is 48.9 Å². The monoisotopic (exact) mass is 558 g/mol. The summed E-state index contributed by atoms with van der Waals surface area (Å²) >= 11 is 6.40. The molecule has 2 aromatic carbocycles. The van der Waals surface area contributed by atoms with Crippen LogP contribution in [0, 0.1) is 20.8 Å². The molecule has 2 unspecified atom stereocenters. The summed E-state index contributed by atoms with van der Waals surface area (Å²) in [7, 11) is 0. The van der Waals surface area contributed by atoms with Crippen molar-refractivity contribution in [2.75, 3.05) is 11.9 Å². The van der Waals surface area contributed by atoms with Crippen LogP contribution in [0.3, 0.4) is 0 Å². The predicted octanol–water partition coefficient (Wildman–Crippen LogP) is 4.95. The standard InChI is InChI=1S/C29H39ClN4O5/c1-8-15-34(27(37)21(16-22(31)35)32-28(38)39-29(5,6)7)25(23-17(2)11-9-12-18(23)3)26(36)33-24-19(4)13-10-14-20(24)30/h9-14,21,25H,8,15-16H2,1-7H3,(H2,31,35)(H,32,38)(H,33,36). The van der Waals surface area contributed by atoms with Gasteiger partial charge in [-0.2, -0.15) is 0 Å². The second-order valence-electron chi connectivity index (χ2n) is 10.5. The molecule has 0 aliphatic heterocycles. The molecule has 212 valence electrons. The Hall–Kier alpha value is -3.59. The zero-order valence-electron chi connectivity index (χ0n) is 23.7. The molecular formula is C29H39ClN4O5. The van der Waals surface area contributed by atoms with Gasteiger partial charge >= 0.3 is 6.09 Å². The summed E-state index contributed by atoms with van der Waals surface area (Å²) in [6.45, 7) is 12.6. The van der Waals surface area contributed by atoms with Crippen molar-refractivity contribution < 1.29 is 23.9 Å². The van der Waals surface area contributed by atoms with Crippen LogP contribution in [0.5, 0.6) is 0 Å². The van der Waals surface area contributed by atoms with Gasteiger partial charge in [0.25, 0.3) is 5.91 Å². The highest BCUT2D eigenvalue weighted by Gasteiger charge is 2.38. The Balaban J connectivity index is 2.62. The number of nitrogens with one attached hydrogen (secondary N) is 2. The number of hydrogen-bond donors (Lipinski definition) is 3. The van der Waals surface area contributed by atoms with Crippen molar-refractivity contribution in [2.24, 2.45) is 5.73 Å². The summed E-state index contributed by atoms with van der Waals surface area (Å²) in [5.41, 5.74) is 8.03. The number of ether oxygens (including phenoxy) is 1. The lowest BCUT2D eigenvalue weighted by molar-refractivity contribution is -0.141. The zero-order valence-corrected chi connectivity index (χ0v) is 24.4. The number of nitrogens with two attached hydrogens (primary N) is 1. The third-order valence-electron chi connectivity index (χ3n) is 5.99. The molecule has 4 N–H and O–H groups in total. The fourth-order valence-electron chi connectivity index (χ4n) is 4.33. The largest absolute Gasteiger partial charge is 0.444 e. The average Bonchev–Trinajstić information content (AvgIpc) is 2.80. The van der Waals surface area contributed by atoms with Crippen molar-refractivity contribution in [3.05, 3.63) is 63.7 Å². The summed E-state index contributed by atoms with van der Waals surface area (Å²) in [4.78, 5) is 54.0. The Kier molecular flexibility index (Phi) is 10.9. The minimum Gasteiger partial charge on any atom is -0.444 e. The molecule has 9 nitrogen and oxygen atoms in total. The Morgan fingerprint density at radius 2 is 1.56 bits per heavy atom. The van der Waals surface area contributed by atoms with Gasteiger partial charge in [0.05, 0.1) is 17.1 Å². The van der Waals surface area contributed by atoms with Crippen molar-refractivity contribution in [1.82, 2.24) is 10.2 Å². The van der Waals surface area contributed by atoms with Crippen molar-refractivity contribution in [3.8, 4) is 0 Å². The molecule has 0 saturated heterocycles. The van der Waals surface area contributed by atoms with Gasteiger partial charge < -0.3 is 26.0 Å². The van der Waals surface area contributed by atoms with Crippen molar-refractivity contribution in [3.63, 3.8) is 0 Å². The average molecular weight is 559 g/mol. The molecule has 0 spiro atoms. The van der Waals surface area contributed by atoms with Crippen molar-refractivity contribution >= 4 is 41.1 Å². The molecular weight excluding hydrogens is 520 g/mol. The van der Waals surface area contributed by atoms with E-state index in [1.165, 1.54) is 4.90 Å². The van der Waals surface area contributed by atoms with E-state index in [1.54, 1.807) is 32.9 Å². The molecule has 2 rings (SSSR count). The maximum Gasteiger partial charge on any atom is 0.408 e. The number of aryl methyl sites for hydroxylation is 3. The van der Waals surface area contributed by atoms with Crippen LogP contribution in [0.2, 0.25) is 5.02 Å². The number of hydrogen-bond acceptors (Lipinski definition) is 5. The first-order valence-corrected chi connectivity index (χ1v) is 13.2. The maximum atomic E-state index is 14.0. The van der Waals surface area contributed by atoms with Gasteiger partial charge in [0.15, 0.2) is 0 Å². The predicted molar refractivity (Wildman–Crippen MR) is 152 cm³/mol. The molecule has 2 aromatic rings. The van der Waals surface area contributed by atoms with Crippen LogP contribution in [0.4, 0.5) is 10.5 Å². The molecule has 0 aliphatic carbocycles. The number of carbonyl (C=O) groups is 4. The van der Waals surface area contributed by atoms with Crippen LogP contribution >= 0.6 is 11.6 Å². The molecule has 0 bridgehead atoms. The molecule has 0 fully saturated rings. The van der Waals surface area contributed by atoms with Gasteiger partial charge in [-0.15, -0.1) is 0 Å². The quantitative estimate of drug-likeness (QED) is 0.379. The van der Waals surface area contributed by atoms with E-state index >= 15 is 0 Å². The SMILES string of the molecule is CCCN(C(=O)C(CC(N)=O)NC(=O)OC(C)(C)C)C(C(=O)Nc1c(C)cccc1Cl)c1c(C)cccc1C. The van der Waals surface area contributed by atoms with Crippen LogP contribution in [0.15, 0.2) is 36.4 Å². The lowest BCUT2D eigenvalue weighted by Crippen LogP contribution is -2.53. The molecule has 0 saturated carbocycles. The first kappa shape index (κ1) is 31.6. The molecule has 10 heteroatoms. The van der Waals surface area contributed by atoms with Crippen LogP contribution in [0.1, 0.15) is 68.8 Å². The number of carbonyl (C=O) groups excluding carboxylic acids is 4. The Bertz CT molecular complexity index is 1180. The van der Waals surface area contributed by atoms with E-state index in [2.05, 4.69) is 10.6 Å². The summed E-state index contributed by atoms with van der Waals surface area (Å²) in [6, 6.07) is 8.41. The fraction of sp³-hybridized carbons (Fsp3) is 0.448. The highest BCUT2D eigenvalue weighted by Crippen LogP contribution is 2.32. The molecule has 0 heterocycles. The number of para-hydroxylation sites is 1. The van der Waals surface area contributed by atoms with Gasteiger partial charge in [0.2, 0.25) is 11.8 Å². The van der Waals surface area contributed by atoms with Gasteiger partial charge in [-0.05, 0) is 76.3 Å². The topological polar surface area (TPSA) is 131 Å². The minimum absolute atomic E-state index is 0.164. The van der Waals surface area contributed by atoms with Gasteiger partial charge in [-0.3, -0.25) is 14.4 Å². The summed E-state index contributed by atoms with van der Waals surface area (Å²) in [5.74, 6) is -1.92. The van der Waals surface area contributed by atoms with E-state index in [1.807, 2.05) is 52.0 Å². The lowest BCUT2D eigenvalue weighted by Gasteiger charge is -2.35. The highest BCUT2D eigenvalue weighted by atomic mass is 35.5. The number of halogens is 1. The molecule has 2 atom stereocenters. The number of amides is 4. The van der Waals surface area contributed by atoms with Crippen LogP contribution in [-0.2, 0) is 19.1 Å². The van der Waals surface area contributed by atoms with E-state index in [0.29, 0.717) is 22.7 Å². The number of rotatable bonds is 10. The minimum atomic E-state index is -1.34. The normalized spacial score (nSPS) is 12.7. The van der Waals surface area contributed by atoms with Crippen molar-refractivity contribution in [2.45, 2.75) is 79.0 Å². The third kappa shape index (κ3) is 8.71. The van der Waals surface area contributed by atoms with E-state index in [0.717, 1.165) is 16.7 Å². The second-order valence-corrected chi connectivity index (χ2v) is 10.9. The summed E-state index contributed by atoms with van der Waals surface area (Å²) in [6.07, 6.45) is -0.845. The van der Waals surface area contributed by atoms with Crippen molar-refractivity contribution in [1.29, 1.82) is 0 Å². The first-order chi connectivity index (χ1) is 18.2. The Labute approximate surface area is 235 Å². The van der Waals surface area contributed by atoms with E-state index in [-0.39, 0.29) is 6.54 Å². The number of nitrogens with zero attached hydrogens (tertiary/aromatic N) is 1. The van der Waals surface area contributed by atoms with Gasteiger partial charge in [0, 0.05) is 6.54 Å². The first-order valence-electron chi connectivity index (χ1n) is 12.9. The van der Waals surface area contributed by atoms with Crippen LogP contribution < -0.4 is 16.4 Å². The zero-order chi connectivity index (χ0) is 29.5. The number of primary amides is 1. The Morgan fingerprint density at radius 3 is 2.08 bits per heavy atom. The van der Waals surface area contributed by atoms with Crippen LogP contribution in [-0.4, -0.2) is 46.9 Å². The van der Waals surface area contributed by atoms with Crippen LogP contribution in [0.25, 0.3) is 0 Å². The smallest absolute Gasteiger partial charge is 0.408 e. The summed E-state index contributed by atoms with van der Waals surface area (Å²) in [5, 5.41) is 5.74. The summed E-state index contributed by atoms with van der Waals surface area (Å²) < 4.78 is 5.31. The van der Waals surface area contributed by atoms with E-state index < -0.39 is 47.9 Å². The lowest BCUT2D eigenvalue weighted by atomic mass is 9.93. The number of anilines is 1. The number of benzene rings is 2. The fourth-order valence-corrected chi connectivity index (χ4v) is 4.60. The Morgan fingerprint density at radius 1 is 1.00 bits per heavy atom. The third-order valence-corrected chi connectivity index (χ3v) is 6.30. The van der Waals surface area contributed by atoms with E-state index in [9.17, 15) is 19.2 Å². The molecule has 0 aromatic heterocycles. The number of alkyl carbamates (subject to hydrolysis) is 1. The molecule has 0 aliphatic rings. The molecule has 39 heavy (non-hydrogen) atoms. The van der Waals surface area contributed by atoms with Gasteiger partial charge in [0.1, 0.15) is 17.7 Å². The second kappa shape index (κ2) is 13.5. The maximum absolute atomic E-state index is 14.0. The molecule has 0 radical (unpaired) electrons.